The van der Waals surface area contributed by atoms with Crippen LogP contribution in [0.5, 0.6) is 11.5 Å². The molecule has 0 saturated carbocycles. The lowest BCUT2D eigenvalue weighted by molar-refractivity contribution is -0.122. The molecular weight excluding hydrogens is 244 g/mol. The molecule has 0 atom stereocenters. The van der Waals surface area contributed by atoms with Gasteiger partial charge in [-0.25, -0.2) is 0 Å². The molecule has 2 aliphatic rings. The van der Waals surface area contributed by atoms with Crippen LogP contribution in [0.4, 0.5) is 11.4 Å². The van der Waals surface area contributed by atoms with Crippen LogP contribution in [-0.4, -0.2) is 24.8 Å². The maximum atomic E-state index is 12.4. The van der Waals surface area contributed by atoms with Gasteiger partial charge in [0, 0.05) is 18.7 Å². The van der Waals surface area contributed by atoms with Crippen molar-refractivity contribution in [2.75, 3.05) is 23.6 Å². The average Bonchev–Trinajstić information content (AvgIpc) is 2.79. The van der Waals surface area contributed by atoms with Gasteiger partial charge in [-0.05, 0) is 13.8 Å². The van der Waals surface area contributed by atoms with Gasteiger partial charge in [-0.15, -0.1) is 6.58 Å². The second-order valence-electron chi connectivity index (χ2n) is 5.18. The number of amides is 1. The topological polar surface area (TPSA) is 50.8 Å². The molecule has 5 nitrogen and oxygen atoms in total. The van der Waals surface area contributed by atoms with Crippen LogP contribution < -0.4 is 19.7 Å². The van der Waals surface area contributed by atoms with Crippen molar-refractivity contribution in [1.82, 2.24) is 0 Å². The molecule has 0 unspecified atom stereocenters. The van der Waals surface area contributed by atoms with Gasteiger partial charge in [0.2, 0.25) is 6.79 Å². The van der Waals surface area contributed by atoms with Crippen molar-refractivity contribution in [3.63, 3.8) is 0 Å². The van der Waals surface area contributed by atoms with Crippen molar-refractivity contribution >= 4 is 17.3 Å². The zero-order valence-electron chi connectivity index (χ0n) is 11.0. The Morgan fingerprint density at radius 2 is 2.11 bits per heavy atom. The minimum absolute atomic E-state index is 0.0127. The maximum Gasteiger partial charge on any atom is 0.252 e. The van der Waals surface area contributed by atoms with Gasteiger partial charge >= 0.3 is 0 Å². The summed E-state index contributed by atoms with van der Waals surface area (Å²) in [6.07, 6.45) is 1.72. The first-order valence-corrected chi connectivity index (χ1v) is 6.17. The lowest BCUT2D eigenvalue weighted by Crippen LogP contribution is -2.53. The first-order valence-electron chi connectivity index (χ1n) is 6.17. The monoisotopic (exact) mass is 260 g/mol. The zero-order chi connectivity index (χ0) is 13.6. The highest BCUT2D eigenvalue weighted by atomic mass is 16.7. The van der Waals surface area contributed by atoms with Crippen molar-refractivity contribution in [3.8, 4) is 11.5 Å². The molecule has 0 radical (unpaired) electrons. The van der Waals surface area contributed by atoms with Gasteiger partial charge in [-0.1, -0.05) is 6.08 Å². The Labute approximate surface area is 111 Å². The normalized spacial score (nSPS) is 18.8. The van der Waals surface area contributed by atoms with E-state index in [2.05, 4.69) is 11.9 Å². The van der Waals surface area contributed by atoms with Gasteiger partial charge in [0.15, 0.2) is 11.5 Å². The molecule has 1 aromatic rings. The number of nitrogens with one attached hydrogen (secondary N) is 1. The fourth-order valence-corrected chi connectivity index (χ4v) is 2.40. The molecule has 1 aromatic carbocycles. The number of ether oxygens (including phenoxy) is 2. The smallest absolute Gasteiger partial charge is 0.252 e. The van der Waals surface area contributed by atoms with Crippen LogP contribution in [0.25, 0.3) is 0 Å². The van der Waals surface area contributed by atoms with E-state index in [1.807, 2.05) is 26.0 Å². The SMILES string of the molecule is C=CCN1C(=O)C(C)(C)Nc2cc3c(cc21)OCO3. The molecule has 19 heavy (non-hydrogen) atoms. The molecule has 2 aliphatic heterocycles. The van der Waals surface area contributed by atoms with Crippen LogP contribution in [0.3, 0.4) is 0 Å². The van der Waals surface area contributed by atoms with Crippen LogP contribution in [0, 0.1) is 0 Å². The lowest BCUT2D eigenvalue weighted by Gasteiger charge is -2.39. The first kappa shape index (κ1) is 11.9. The van der Waals surface area contributed by atoms with E-state index in [0.29, 0.717) is 18.0 Å². The summed E-state index contributed by atoms with van der Waals surface area (Å²) in [6.45, 7) is 8.12. The number of fused-ring (bicyclic) bond motifs is 2. The predicted molar refractivity (Wildman–Crippen MR) is 72.8 cm³/mol. The van der Waals surface area contributed by atoms with E-state index in [9.17, 15) is 4.79 Å². The van der Waals surface area contributed by atoms with Crippen molar-refractivity contribution in [2.24, 2.45) is 0 Å². The molecule has 5 heteroatoms. The summed E-state index contributed by atoms with van der Waals surface area (Å²) in [5, 5.41) is 3.24. The summed E-state index contributed by atoms with van der Waals surface area (Å²) in [6, 6.07) is 3.71. The summed E-state index contributed by atoms with van der Waals surface area (Å²) in [5.74, 6) is 1.39. The summed E-state index contributed by atoms with van der Waals surface area (Å²) in [5.41, 5.74) is 1.02. The molecular formula is C14H16N2O3. The number of carbonyl (C=O) groups excluding carboxylic acids is 1. The number of hydrogen-bond donors (Lipinski definition) is 1. The van der Waals surface area contributed by atoms with Crippen molar-refractivity contribution in [3.05, 3.63) is 24.8 Å². The van der Waals surface area contributed by atoms with Crippen molar-refractivity contribution in [2.45, 2.75) is 19.4 Å². The third-order valence-electron chi connectivity index (χ3n) is 3.32. The Balaban J connectivity index is 2.13. The number of anilines is 2. The van der Waals surface area contributed by atoms with E-state index in [1.165, 1.54) is 0 Å². The van der Waals surface area contributed by atoms with Crippen LogP contribution in [0.2, 0.25) is 0 Å². The number of carbonyl (C=O) groups is 1. The Morgan fingerprint density at radius 1 is 1.42 bits per heavy atom. The van der Waals surface area contributed by atoms with Gasteiger partial charge in [0.25, 0.3) is 5.91 Å². The number of rotatable bonds is 2. The molecule has 0 bridgehead atoms. The minimum atomic E-state index is -0.649. The van der Waals surface area contributed by atoms with E-state index in [-0.39, 0.29) is 12.7 Å². The number of nitrogens with zero attached hydrogens (tertiary/aromatic N) is 1. The highest BCUT2D eigenvalue weighted by molar-refractivity contribution is 6.08. The number of hydrogen-bond acceptors (Lipinski definition) is 4. The maximum absolute atomic E-state index is 12.4. The Bertz CT molecular complexity index is 566. The van der Waals surface area contributed by atoms with E-state index in [0.717, 1.165) is 11.4 Å². The Kier molecular flexibility index (Phi) is 2.45. The standard InChI is InChI=1S/C14H16N2O3/c1-4-5-16-10-7-12-11(18-8-19-12)6-9(10)15-14(2,3)13(16)17/h4,6-7,15H,1,5,8H2,2-3H3. The van der Waals surface area contributed by atoms with Gasteiger partial charge in [0.1, 0.15) is 5.54 Å². The van der Waals surface area contributed by atoms with E-state index in [4.69, 9.17) is 9.47 Å². The molecule has 0 aliphatic carbocycles. The van der Waals surface area contributed by atoms with Crippen LogP contribution in [0.1, 0.15) is 13.8 Å². The third kappa shape index (κ3) is 1.73. The molecule has 1 N–H and O–H groups in total. The Hall–Kier alpha value is -2.17. The van der Waals surface area contributed by atoms with E-state index >= 15 is 0 Å². The zero-order valence-corrected chi connectivity index (χ0v) is 11.0. The first-order chi connectivity index (χ1) is 9.03. The summed E-state index contributed by atoms with van der Waals surface area (Å²) < 4.78 is 10.7. The molecule has 100 valence electrons. The summed E-state index contributed by atoms with van der Waals surface area (Å²) in [7, 11) is 0. The molecule has 0 aromatic heterocycles. The number of benzene rings is 1. The van der Waals surface area contributed by atoms with Gasteiger partial charge in [-0.2, -0.15) is 0 Å². The van der Waals surface area contributed by atoms with Gasteiger partial charge in [0.05, 0.1) is 11.4 Å². The van der Waals surface area contributed by atoms with E-state index in [1.54, 1.807) is 11.0 Å². The highest BCUT2D eigenvalue weighted by Crippen LogP contribution is 2.44. The summed E-state index contributed by atoms with van der Waals surface area (Å²) >= 11 is 0. The fourth-order valence-electron chi connectivity index (χ4n) is 2.40. The third-order valence-corrected chi connectivity index (χ3v) is 3.32. The molecule has 3 rings (SSSR count). The average molecular weight is 260 g/mol. The van der Waals surface area contributed by atoms with Crippen molar-refractivity contribution < 1.29 is 14.3 Å². The minimum Gasteiger partial charge on any atom is -0.454 e. The van der Waals surface area contributed by atoms with Gasteiger partial charge in [-0.3, -0.25) is 4.79 Å². The molecule has 0 saturated heterocycles. The van der Waals surface area contributed by atoms with Crippen LogP contribution in [0.15, 0.2) is 24.8 Å². The molecule has 2 heterocycles. The summed E-state index contributed by atoms with van der Waals surface area (Å²) in [4.78, 5) is 14.2. The van der Waals surface area contributed by atoms with E-state index < -0.39 is 5.54 Å². The molecule has 0 fully saturated rings. The van der Waals surface area contributed by atoms with Crippen LogP contribution >= 0.6 is 0 Å². The van der Waals surface area contributed by atoms with Crippen molar-refractivity contribution in [1.29, 1.82) is 0 Å². The second kappa shape index (κ2) is 3.91. The Morgan fingerprint density at radius 3 is 2.79 bits per heavy atom. The predicted octanol–water partition coefficient (Wildman–Crippen LogP) is 2.14. The molecule has 0 spiro atoms. The largest absolute Gasteiger partial charge is 0.454 e. The highest BCUT2D eigenvalue weighted by Gasteiger charge is 2.39. The quantitative estimate of drug-likeness (QED) is 0.828. The van der Waals surface area contributed by atoms with Gasteiger partial charge < -0.3 is 19.7 Å². The van der Waals surface area contributed by atoms with Crippen LogP contribution in [-0.2, 0) is 4.79 Å². The molecule has 1 amide bonds. The second-order valence-corrected chi connectivity index (χ2v) is 5.18. The lowest BCUT2D eigenvalue weighted by atomic mass is 9.97. The fraction of sp³-hybridized carbons (Fsp3) is 0.357.